The molecule has 2 aromatic carbocycles. The van der Waals surface area contributed by atoms with E-state index in [2.05, 4.69) is 21.4 Å². The molecule has 3 rings (SSSR count). The summed E-state index contributed by atoms with van der Waals surface area (Å²) in [5.74, 6) is 1.31. The smallest absolute Gasteiger partial charge is 0.120 e. The van der Waals surface area contributed by atoms with Gasteiger partial charge >= 0.3 is 0 Å². The highest BCUT2D eigenvalue weighted by molar-refractivity contribution is 5.87. The van der Waals surface area contributed by atoms with E-state index < -0.39 is 0 Å². The van der Waals surface area contributed by atoms with Gasteiger partial charge in [-0.05, 0) is 16.8 Å². The molecule has 4 nitrogen and oxygen atoms in total. The largest absolute Gasteiger partial charge is 0.508 e. The summed E-state index contributed by atoms with van der Waals surface area (Å²) in [5.41, 5.74) is 0.947. The maximum Gasteiger partial charge on any atom is 0.120 e. The fraction of sp³-hybridized carbons (Fsp3) is 0.188. The van der Waals surface area contributed by atoms with Crippen LogP contribution >= 0.6 is 0 Å². The first-order chi connectivity index (χ1) is 9.84. The second-order valence-corrected chi connectivity index (χ2v) is 4.75. The lowest BCUT2D eigenvalue weighted by atomic mass is 10.0. The number of rotatable bonds is 5. The molecule has 0 bridgehead atoms. The van der Waals surface area contributed by atoms with Crippen molar-refractivity contribution in [1.82, 2.24) is 15.3 Å². The maximum atomic E-state index is 10.0. The number of hydrogen-bond donors (Lipinski definition) is 3. The molecule has 3 N–H and O–H groups in total. The van der Waals surface area contributed by atoms with Crippen molar-refractivity contribution >= 4 is 10.8 Å². The molecular formula is C16H17N3O. The molecule has 0 fully saturated rings. The van der Waals surface area contributed by atoms with Crippen LogP contribution in [0, 0.1) is 0 Å². The zero-order chi connectivity index (χ0) is 13.8. The van der Waals surface area contributed by atoms with Crippen LogP contribution < -0.4 is 5.32 Å². The van der Waals surface area contributed by atoms with Crippen molar-refractivity contribution < 1.29 is 5.11 Å². The summed E-state index contributed by atoms with van der Waals surface area (Å²) in [6.45, 7) is 1.46. The van der Waals surface area contributed by atoms with Crippen molar-refractivity contribution in [3.63, 3.8) is 0 Å². The van der Waals surface area contributed by atoms with E-state index in [0.29, 0.717) is 12.3 Å². The van der Waals surface area contributed by atoms with Crippen LogP contribution in [0.3, 0.4) is 0 Å². The quantitative estimate of drug-likeness (QED) is 0.623. The second kappa shape index (κ2) is 5.75. The van der Waals surface area contributed by atoms with Crippen molar-refractivity contribution in [3.8, 4) is 5.75 Å². The predicted octanol–water partition coefficient (Wildman–Crippen LogP) is 2.60. The lowest BCUT2D eigenvalue weighted by molar-refractivity contribution is 0.466. The van der Waals surface area contributed by atoms with Crippen LogP contribution in [0.5, 0.6) is 5.75 Å². The van der Waals surface area contributed by atoms with Gasteiger partial charge in [0.25, 0.3) is 0 Å². The van der Waals surface area contributed by atoms with Gasteiger partial charge in [0.15, 0.2) is 0 Å². The zero-order valence-corrected chi connectivity index (χ0v) is 11.1. The van der Waals surface area contributed by atoms with Gasteiger partial charge in [0.2, 0.25) is 0 Å². The Bertz CT molecular complexity index is 692. The van der Waals surface area contributed by atoms with Gasteiger partial charge in [0, 0.05) is 37.5 Å². The topological polar surface area (TPSA) is 60.9 Å². The molecule has 1 heterocycles. The van der Waals surface area contributed by atoms with E-state index in [0.717, 1.165) is 35.1 Å². The molecule has 0 saturated carbocycles. The number of phenolic OH excluding ortho intramolecular Hbond substituents is 1. The Morgan fingerprint density at radius 1 is 1.15 bits per heavy atom. The van der Waals surface area contributed by atoms with Gasteiger partial charge in [-0.2, -0.15) is 0 Å². The normalized spacial score (nSPS) is 11.0. The number of nitrogens with one attached hydrogen (secondary N) is 2. The molecule has 1 aromatic heterocycles. The fourth-order valence-electron chi connectivity index (χ4n) is 2.37. The van der Waals surface area contributed by atoms with E-state index in [1.807, 2.05) is 30.5 Å². The van der Waals surface area contributed by atoms with Crippen LogP contribution in [0.25, 0.3) is 10.8 Å². The van der Waals surface area contributed by atoms with Crippen LogP contribution in [0.4, 0.5) is 0 Å². The number of H-pyrrole nitrogens is 1. The molecule has 0 saturated heterocycles. The summed E-state index contributed by atoms with van der Waals surface area (Å²) >= 11 is 0. The van der Waals surface area contributed by atoms with Gasteiger partial charge in [-0.25, -0.2) is 4.98 Å². The van der Waals surface area contributed by atoms with E-state index >= 15 is 0 Å². The standard InChI is InChI=1S/C16H17N3O/c20-15-6-5-12-3-1-2-4-13(12)14(15)11-17-8-7-16-18-9-10-19-16/h1-6,9-10,17,20H,7-8,11H2,(H,18,19). The molecule has 0 amide bonds. The molecular weight excluding hydrogens is 250 g/mol. The third-order valence-corrected chi connectivity index (χ3v) is 3.41. The third-order valence-electron chi connectivity index (χ3n) is 3.41. The Labute approximate surface area is 117 Å². The average molecular weight is 267 g/mol. The van der Waals surface area contributed by atoms with Crippen LogP contribution in [0.2, 0.25) is 0 Å². The summed E-state index contributed by atoms with van der Waals surface area (Å²) in [4.78, 5) is 7.26. The molecule has 4 heteroatoms. The number of benzene rings is 2. The first-order valence-corrected chi connectivity index (χ1v) is 6.73. The van der Waals surface area contributed by atoms with Gasteiger partial charge in [0.1, 0.15) is 11.6 Å². The number of phenols is 1. The van der Waals surface area contributed by atoms with Gasteiger partial charge in [0.05, 0.1) is 0 Å². The molecule has 0 unspecified atom stereocenters. The number of aromatic hydroxyl groups is 1. The van der Waals surface area contributed by atoms with Crippen LogP contribution in [0.15, 0.2) is 48.8 Å². The minimum absolute atomic E-state index is 0.342. The van der Waals surface area contributed by atoms with Gasteiger partial charge in [-0.15, -0.1) is 0 Å². The highest BCUT2D eigenvalue weighted by atomic mass is 16.3. The number of aromatic nitrogens is 2. The monoisotopic (exact) mass is 267 g/mol. The van der Waals surface area contributed by atoms with E-state index in [-0.39, 0.29) is 0 Å². The zero-order valence-electron chi connectivity index (χ0n) is 11.1. The van der Waals surface area contributed by atoms with Crippen molar-refractivity contribution in [3.05, 3.63) is 60.2 Å². The molecule has 0 spiro atoms. The molecule has 102 valence electrons. The Morgan fingerprint density at radius 2 is 2.05 bits per heavy atom. The lowest BCUT2D eigenvalue weighted by Crippen LogP contribution is -2.17. The van der Waals surface area contributed by atoms with Crippen LogP contribution in [-0.4, -0.2) is 21.6 Å². The maximum absolute atomic E-state index is 10.0. The number of imidazole rings is 1. The molecule has 0 atom stereocenters. The molecule has 0 aliphatic carbocycles. The van der Waals surface area contributed by atoms with Crippen molar-refractivity contribution in [2.45, 2.75) is 13.0 Å². The van der Waals surface area contributed by atoms with Gasteiger partial charge < -0.3 is 15.4 Å². The minimum Gasteiger partial charge on any atom is -0.508 e. The molecule has 0 radical (unpaired) electrons. The lowest BCUT2D eigenvalue weighted by Gasteiger charge is -2.10. The molecule has 20 heavy (non-hydrogen) atoms. The van der Waals surface area contributed by atoms with Crippen LogP contribution in [0.1, 0.15) is 11.4 Å². The molecule has 0 aliphatic rings. The SMILES string of the molecule is Oc1ccc2ccccc2c1CNCCc1ncc[nH]1. The van der Waals surface area contributed by atoms with E-state index in [1.54, 1.807) is 12.3 Å². The van der Waals surface area contributed by atoms with Crippen molar-refractivity contribution in [1.29, 1.82) is 0 Å². The highest BCUT2D eigenvalue weighted by Gasteiger charge is 2.06. The Hall–Kier alpha value is -2.33. The predicted molar refractivity (Wildman–Crippen MR) is 79.6 cm³/mol. The minimum atomic E-state index is 0.342. The number of nitrogens with zero attached hydrogens (tertiary/aromatic N) is 1. The summed E-state index contributed by atoms with van der Waals surface area (Å²) in [6.07, 6.45) is 4.43. The summed E-state index contributed by atoms with van der Waals surface area (Å²) < 4.78 is 0. The summed E-state index contributed by atoms with van der Waals surface area (Å²) in [6, 6.07) is 11.8. The average Bonchev–Trinajstić information content (AvgIpc) is 2.98. The number of fused-ring (bicyclic) bond motifs is 1. The second-order valence-electron chi connectivity index (χ2n) is 4.75. The number of hydrogen-bond acceptors (Lipinski definition) is 3. The first-order valence-electron chi connectivity index (χ1n) is 6.73. The van der Waals surface area contributed by atoms with E-state index in [4.69, 9.17) is 0 Å². The summed E-state index contributed by atoms with van der Waals surface area (Å²) in [7, 11) is 0. The Morgan fingerprint density at radius 3 is 2.90 bits per heavy atom. The van der Waals surface area contributed by atoms with Gasteiger partial charge in [-0.1, -0.05) is 30.3 Å². The first kappa shape index (κ1) is 12.7. The summed E-state index contributed by atoms with van der Waals surface area (Å²) in [5, 5.41) is 15.6. The van der Waals surface area contributed by atoms with Crippen LogP contribution in [-0.2, 0) is 13.0 Å². The van der Waals surface area contributed by atoms with Crippen molar-refractivity contribution in [2.24, 2.45) is 0 Å². The number of aromatic amines is 1. The fourth-order valence-corrected chi connectivity index (χ4v) is 2.37. The van der Waals surface area contributed by atoms with Gasteiger partial charge in [-0.3, -0.25) is 0 Å². The highest BCUT2D eigenvalue weighted by Crippen LogP contribution is 2.26. The molecule has 0 aliphatic heterocycles. The Kier molecular flexibility index (Phi) is 3.65. The Balaban J connectivity index is 1.69. The van der Waals surface area contributed by atoms with E-state index in [9.17, 15) is 5.11 Å². The van der Waals surface area contributed by atoms with E-state index in [1.165, 1.54) is 0 Å². The van der Waals surface area contributed by atoms with Crippen molar-refractivity contribution in [2.75, 3.05) is 6.54 Å². The molecule has 3 aromatic rings. The third kappa shape index (κ3) is 2.65.